The Morgan fingerprint density at radius 1 is 1.24 bits per heavy atom. The monoisotopic (exact) mass is 538 g/mol. The van der Waals surface area contributed by atoms with Gasteiger partial charge in [-0.3, -0.25) is 14.3 Å². The fourth-order valence-corrected chi connectivity index (χ4v) is 4.73. The lowest BCUT2D eigenvalue weighted by molar-refractivity contribution is -0.138. The van der Waals surface area contributed by atoms with Crippen molar-refractivity contribution in [2.75, 3.05) is 26.7 Å². The first kappa shape index (κ1) is 29.2. The molecule has 0 saturated carbocycles. The maximum atomic E-state index is 15.7. The van der Waals surface area contributed by atoms with Gasteiger partial charge >= 0.3 is 6.18 Å². The number of furan rings is 1. The number of nitrogens with zero attached hydrogens (tertiary/aromatic N) is 4. The topological polar surface area (TPSA) is 71.6 Å². The summed E-state index contributed by atoms with van der Waals surface area (Å²) >= 11 is 0. The highest BCUT2D eigenvalue weighted by atomic mass is 19.4. The Kier molecular flexibility index (Phi) is 9.56. The van der Waals surface area contributed by atoms with Gasteiger partial charge in [-0.15, -0.1) is 0 Å². The van der Waals surface area contributed by atoms with E-state index in [4.69, 9.17) is 4.42 Å². The van der Waals surface area contributed by atoms with Gasteiger partial charge in [0.05, 0.1) is 0 Å². The number of fused-ring (bicyclic) bond motifs is 1. The standard InChI is InChI=1S/C25H28F4N4O3.C2H6/c1-3-16-12-18(17-6-4-9-32(14-17)21(34)7-11-33-10-5-8-30-33)22(26)23-19(16)13-20(36-23)24(35)31(2)15-25(27,28)29;1-2/h5,8,10,12-13,17H,3-4,6-7,9,11,14-15H2,1-2H3;1-2H3. The first-order valence-corrected chi connectivity index (χ1v) is 12.9. The van der Waals surface area contributed by atoms with Crippen LogP contribution in [0.2, 0.25) is 0 Å². The minimum atomic E-state index is -4.56. The highest BCUT2D eigenvalue weighted by Crippen LogP contribution is 2.36. The molecule has 0 aliphatic carbocycles. The predicted molar refractivity (Wildman–Crippen MR) is 135 cm³/mol. The van der Waals surface area contributed by atoms with Gasteiger partial charge in [0, 0.05) is 56.8 Å². The molecule has 1 atom stereocenters. The summed E-state index contributed by atoms with van der Waals surface area (Å²) in [7, 11) is 1.02. The van der Waals surface area contributed by atoms with Gasteiger partial charge in [0.25, 0.3) is 5.91 Å². The van der Waals surface area contributed by atoms with Gasteiger partial charge in [-0.25, -0.2) is 4.39 Å². The molecule has 1 aliphatic rings. The molecule has 3 aromatic rings. The molecule has 1 fully saturated rings. The number of benzene rings is 1. The zero-order valence-corrected chi connectivity index (χ0v) is 22.1. The van der Waals surface area contributed by atoms with E-state index in [1.165, 1.54) is 6.07 Å². The number of halogens is 4. The van der Waals surface area contributed by atoms with Gasteiger partial charge in [-0.05, 0) is 42.5 Å². The zero-order chi connectivity index (χ0) is 28.0. The maximum Gasteiger partial charge on any atom is 0.406 e. The number of carbonyl (C=O) groups is 2. The second kappa shape index (κ2) is 12.4. The van der Waals surface area contributed by atoms with Gasteiger partial charge in [0.1, 0.15) is 6.54 Å². The van der Waals surface area contributed by atoms with Crippen molar-refractivity contribution in [3.63, 3.8) is 0 Å². The highest BCUT2D eigenvalue weighted by molar-refractivity contribution is 5.97. The summed E-state index contributed by atoms with van der Waals surface area (Å²) in [6.45, 7) is 5.82. The molecule has 0 spiro atoms. The number of amides is 2. The van der Waals surface area contributed by atoms with Gasteiger partial charge in [0.2, 0.25) is 5.91 Å². The Hall–Kier alpha value is -3.37. The van der Waals surface area contributed by atoms with Crippen LogP contribution in [-0.2, 0) is 17.8 Å². The van der Waals surface area contributed by atoms with Gasteiger partial charge in [0.15, 0.2) is 17.2 Å². The summed E-state index contributed by atoms with van der Waals surface area (Å²) in [6.07, 6.45) is 1.04. The van der Waals surface area contributed by atoms with Crippen LogP contribution >= 0.6 is 0 Å². The summed E-state index contributed by atoms with van der Waals surface area (Å²) in [5.74, 6) is -2.26. The molecule has 1 unspecified atom stereocenters. The van der Waals surface area contributed by atoms with Crippen LogP contribution in [0.15, 0.2) is 35.0 Å². The summed E-state index contributed by atoms with van der Waals surface area (Å²) < 4.78 is 61.0. The molecule has 38 heavy (non-hydrogen) atoms. The molecule has 4 rings (SSSR count). The Morgan fingerprint density at radius 2 is 1.97 bits per heavy atom. The van der Waals surface area contributed by atoms with Crippen LogP contribution in [0, 0.1) is 5.82 Å². The molecule has 3 heterocycles. The van der Waals surface area contributed by atoms with Crippen LogP contribution in [0.25, 0.3) is 11.0 Å². The fourth-order valence-electron chi connectivity index (χ4n) is 4.73. The third kappa shape index (κ3) is 6.73. The van der Waals surface area contributed by atoms with E-state index >= 15 is 4.39 Å². The number of piperidine rings is 1. The maximum absolute atomic E-state index is 15.7. The second-order valence-corrected chi connectivity index (χ2v) is 9.12. The molecule has 2 amide bonds. The van der Waals surface area contributed by atoms with E-state index in [-0.39, 0.29) is 29.6 Å². The number of hydrogen-bond donors (Lipinski definition) is 0. The Balaban J connectivity index is 0.00000195. The summed E-state index contributed by atoms with van der Waals surface area (Å²) in [5, 5.41) is 4.47. The molecule has 7 nitrogen and oxygen atoms in total. The van der Waals surface area contributed by atoms with Crippen molar-refractivity contribution in [1.29, 1.82) is 0 Å². The molecule has 11 heteroatoms. The minimum Gasteiger partial charge on any atom is -0.448 e. The summed E-state index contributed by atoms with van der Waals surface area (Å²) in [4.78, 5) is 27.5. The lowest BCUT2D eigenvalue weighted by Gasteiger charge is -2.33. The van der Waals surface area contributed by atoms with Crippen LogP contribution in [0.4, 0.5) is 17.6 Å². The van der Waals surface area contributed by atoms with Crippen LogP contribution in [0.1, 0.15) is 67.6 Å². The molecular weight excluding hydrogens is 504 g/mol. The predicted octanol–water partition coefficient (Wildman–Crippen LogP) is 5.79. The van der Waals surface area contributed by atoms with Crippen molar-refractivity contribution in [3.8, 4) is 0 Å². The average molecular weight is 539 g/mol. The van der Waals surface area contributed by atoms with Crippen molar-refractivity contribution >= 4 is 22.8 Å². The van der Waals surface area contributed by atoms with Gasteiger partial charge < -0.3 is 14.2 Å². The van der Waals surface area contributed by atoms with Crippen molar-refractivity contribution in [2.24, 2.45) is 0 Å². The van der Waals surface area contributed by atoms with Gasteiger partial charge in [-0.1, -0.05) is 26.8 Å². The lowest BCUT2D eigenvalue weighted by Crippen LogP contribution is -2.39. The molecule has 1 saturated heterocycles. The average Bonchev–Trinajstić information content (AvgIpc) is 3.58. The first-order chi connectivity index (χ1) is 18.1. The Bertz CT molecular complexity index is 1240. The lowest BCUT2D eigenvalue weighted by atomic mass is 9.88. The molecule has 0 N–H and O–H groups in total. The van der Waals surface area contributed by atoms with E-state index in [0.29, 0.717) is 54.7 Å². The summed E-state index contributed by atoms with van der Waals surface area (Å²) in [6, 6.07) is 4.82. The first-order valence-electron chi connectivity index (χ1n) is 12.9. The number of alkyl halides is 3. The van der Waals surface area contributed by atoms with Crippen LogP contribution in [0.3, 0.4) is 0 Å². The second-order valence-electron chi connectivity index (χ2n) is 9.12. The molecular formula is C27H34F4N4O3. The third-order valence-corrected chi connectivity index (χ3v) is 6.54. The third-order valence-electron chi connectivity index (χ3n) is 6.54. The zero-order valence-electron chi connectivity index (χ0n) is 22.1. The van der Waals surface area contributed by atoms with E-state index in [1.54, 1.807) is 34.1 Å². The van der Waals surface area contributed by atoms with Crippen molar-refractivity contribution < 1.29 is 31.6 Å². The van der Waals surface area contributed by atoms with Crippen molar-refractivity contribution in [2.45, 2.75) is 65.1 Å². The normalized spacial score (nSPS) is 15.8. The Labute approximate surface area is 219 Å². The SMILES string of the molecule is CC.CCc1cc(C2CCCN(C(=O)CCn3cccn3)C2)c(F)c2oc(C(=O)N(C)CC(F)(F)F)cc12. The number of aryl methyl sites for hydroxylation is 2. The van der Waals surface area contributed by atoms with Crippen LogP contribution < -0.4 is 0 Å². The number of aromatic nitrogens is 2. The van der Waals surface area contributed by atoms with Crippen LogP contribution in [0.5, 0.6) is 0 Å². The fraction of sp³-hybridized carbons (Fsp3) is 0.519. The van der Waals surface area contributed by atoms with E-state index in [1.807, 2.05) is 20.8 Å². The molecule has 1 aliphatic heterocycles. The van der Waals surface area contributed by atoms with Crippen molar-refractivity contribution in [3.05, 3.63) is 53.3 Å². The van der Waals surface area contributed by atoms with E-state index in [2.05, 4.69) is 5.10 Å². The number of carbonyl (C=O) groups excluding carboxylic acids is 2. The number of hydrogen-bond acceptors (Lipinski definition) is 4. The van der Waals surface area contributed by atoms with Crippen LogP contribution in [-0.4, -0.2) is 64.3 Å². The molecule has 0 radical (unpaired) electrons. The number of likely N-dealkylation sites (tertiary alicyclic amines) is 1. The number of rotatable bonds is 7. The minimum absolute atomic E-state index is 0.0361. The molecule has 1 aromatic carbocycles. The smallest absolute Gasteiger partial charge is 0.406 e. The van der Waals surface area contributed by atoms with E-state index in [9.17, 15) is 22.8 Å². The van der Waals surface area contributed by atoms with E-state index < -0.39 is 24.4 Å². The molecule has 2 aromatic heterocycles. The Morgan fingerprint density at radius 3 is 2.61 bits per heavy atom. The summed E-state index contributed by atoms with van der Waals surface area (Å²) in [5.41, 5.74) is 0.973. The molecule has 208 valence electrons. The van der Waals surface area contributed by atoms with E-state index in [0.717, 1.165) is 12.6 Å². The largest absolute Gasteiger partial charge is 0.448 e. The highest BCUT2D eigenvalue weighted by Gasteiger charge is 2.33. The van der Waals surface area contributed by atoms with Gasteiger partial charge in [-0.2, -0.15) is 18.3 Å². The quantitative estimate of drug-likeness (QED) is 0.357. The molecule has 0 bridgehead atoms. The van der Waals surface area contributed by atoms with Crippen molar-refractivity contribution in [1.82, 2.24) is 19.6 Å².